The standard InChI is InChI=1S/C13H13N3O2.C13H15N3.C7H10N2.C6H4FNO2.2ClH/c17-16(18)13-6-4-12(5-7-13)15-10-8-11-3-1-2-9-14-11;14-11-4-6-13(7-5-11)16-10-8-12-3-1-2-9-15-12;8-5-4-7-3-1-2-6-9-7;7-5-1-3-6(4-2-5)8(9)10;;/h1-7,9,15H,8,10H2;1-7,9,16H,8,10,14H2;1-3,6H,4-5,8H2;1-4H;2*1H. The van der Waals surface area contributed by atoms with Gasteiger partial charge in [-0.1, -0.05) is 18.2 Å². The Kier molecular flexibility index (Phi) is 23.3. The first kappa shape index (κ1) is 46.8. The molecule has 3 aromatic heterocycles. The van der Waals surface area contributed by atoms with Crippen LogP contribution in [0.15, 0.2) is 146 Å². The molecule has 0 spiro atoms. The van der Waals surface area contributed by atoms with Gasteiger partial charge in [-0.3, -0.25) is 35.2 Å². The first-order chi connectivity index (χ1) is 25.7. The SMILES string of the molecule is Cl.Cl.NCCc1ccccn1.Nc1ccc(NCCc2ccccn2)cc1.O=[N+]([O-])c1ccc(F)cc1.O=[N+]([O-])c1ccc(NCCc2ccccn2)cc1. The van der Waals surface area contributed by atoms with Crippen LogP contribution in [0.25, 0.3) is 0 Å². The molecule has 0 radical (unpaired) electrons. The van der Waals surface area contributed by atoms with Crippen molar-refractivity contribution in [2.75, 3.05) is 36.0 Å². The monoisotopic (exact) mass is 791 g/mol. The number of nitro benzene ring substituents is 2. The molecule has 0 atom stereocenters. The minimum absolute atomic E-state index is 0. The number of hydrogen-bond acceptors (Lipinski definition) is 11. The summed E-state index contributed by atoms with van der Waals surface area (Å²) in [6.07, 6.45) is 7.98. The molecule has 55 heavy (non-hydrogen) atoms. The summed E-state index contributed by atoms with van der Waals surface area (Å²) < 4.78 is 12.1. The highest BCUT2D eigenvalue weighted by molar-refractivity contribution is 5.85. The van der Waals surface area contributed by atoms with Crippen molar-refractivity contribution in [3.8, 4) is 0 Å². The lowest BCUT2D eigenvalue weighted by atomic mass is 10.2. The number of nitrogen functional groups attached to an aromatic ring is 1. The van der Waals surface area contributed by atoms with E-state index in [1.165, 1.54) is 12.1 Å². The fourth-order valence-electron chi connectivity index (χ4n) is 4.32. The molecule has 0 unspecified atom stereocenters. The molecule has 0 saturated carbocycles. The first-order valence-electron chi connectivity index (χ1n) is 16.6. The van der Waals surface area contributed by atoms with E-state index in [1.807, 2.05) is 85.1 Å². The van der Waals surface area contributed by atoms with Crippen molar-refractivity contribution < 1.29 is 14.2 Å². The maximum Gasteiger partial charge on any atom is 0.269 e. The Labute approximate surface area is 331 Å². The lowest BCUT2D eigenvalue weighted by molar-refractivity contribution is -0.385. The van der Waals surface area contributed by atoms with E-state index in [9.17, 15) is 24.6 Å². The van der Waals surface area contributed by atoms with Crippen molar-refractivity contribution >= 4 is 53.3 Å². The predicted octanol–water partition coefficient (Wildman–Crippen LogP) is 8.12. The molecule has 0 bridgehead atoms. The van der Waals surface area contributed by atoms with Crippen LogP contribution >= 0.6 is 24.8 Å². The largest absolute Gasteiger partial charge is 0.399 e. The summed E-state index contributed by atoms with van der Waals surface area (Å²) in [6, 6.07) is 36.1. The number of non-ortho nitro benzene ring substituents is 2. The van der Waals surface area contributed by atoms with E-state index in [0.717, 1.165) is 90.8 Å². The zero-order chi connectivity index (χ0) is 38.1. The summed E-state index contributed by atoms with van der Waals surface area (Å²) in [6.45, 7) is 2.30. The molecule has 6 aromatic rings. The number of anilines is 3. The fourth-order valence-corrected chi connectivity index (χ4v) is 4.32. The van der Waals surface area contributed by atoms with Crippen LogP contribution in [0.5, 0.6) is 0 Å². The highest BCUT2D eigenvalue weighted by Crippen LogP contribution is 2.15. The third kappa shape index (κ3) is 20.0. The van der Waals surface area contributed by atoms with E-state index < -0.39 is 15.7 Å². The number of hydrogen-bond donors (Lipinski definition) is 4. The molecule has 0 aliphatic heterocycles. The van der Waals surface area contributed by atoms with Gasteiger partial charge in [0.1, 0.15) is 5.82 Å². The van der Waals surface area contributed by atoms with Crippen LogP contribution in [0.1, 0.15) is 17.1 Å². The molecule has 6 N–H and O–H groups in total. The summed E-state index contributed by atoms with van der Waals surface area (Å²) in [5.41, 5.74) is 16.9. The van der Waals surface area contributed by atoms with Crippen LogP contribution < -0.4 is 22.1 Å². The normalized spacial score (nSPS) is 9.42. The van der Waals surface area contributed by atoms with Crippen molar-refractivity contribution in [3.05, 3.63) is 189 Å². The molecular weight excluding hydrogens is 748 g/mol. The van der Waals surface area contributed by atoms with Gasteiger partial charge in [-0.2, -0.15) is 0 Å². The topological polar surface area (TPSA) is 201 Å². The van der Waals surface area contributed by atoms with Crippen molar-refractivity contribution in [3.63, 3.8) is 0 Å². The number of benzene rings is 3. The van der Waals surface area contributed by atoms with E-state index in [0.29, 0.717) is 6.54 Å². The minimum Gasteiger partial charge on any atom is -0.399 e. The maximum atomic E-state index is 12.1. The van der Waals surface area contributed by atoms with Crippen LogP contribution in [-0.2, 0) is 19.3 Å². The van der Waals surface area contributed by atoms with Gasteiger partial charge in [0.05, 0.1) is 9.85 Å². The van der Waals surface area contributed by atoms with Gasteiger partial charge in [-0.05, 0) is 91.5 Å². The maximum absolute atomic E-state index is 12.1. The van der Waals surface area contributed by atoms with Gasteiger partial charge >= 0.3 is 0 Å². The average Bonchev–Trinajstić information content (AvgIpc) is 3.18. The van der Waals surface area contributed by atoms with E-state index >= 15 is 0 Å². The molecule has 0 fully saturated rings. The third-order valence-electron chi connectivity index (χ3n) is 7.03. The number of halogens is 3. The van der Waals surface area contributed by atoms with Crippen molar-refractivity contribution in [2.24, 2.45) is 5.73 Å². The van der Waals surface area contributed by atoms with Crippen LogP contribution in [0.2, 0.25) is 0 Å². The number of nitro groups is 2. The Bertz CT molecular complexity index is 1900. The third-order valence-corrected chi connectivity index (χ3v) is 7.03. The van der Waals surface area contributed by atoms with E-state index in [1.54, 1.807) is 24.5 Å². The molecule has 0 saturated heterocycles. The Morgan fingerprint density at radius 3 is 1.25 bits per heavy atom. The molecule has 16 heteroatoms. The smallest absolute Gasteiger partial charge is 0.269 e. The number of nitrogens with zero attached hydrogens (tertiary/aromatic N) is 5. The predicted molar refractivity (Wildman–Crippen MR) is 221 cm³/mol. The van der Waals surface area contributed by atoms with E-state index in [4.69, 9.17) is 11.5 Å². The summed E-state index contributed by atoms with van der Waals surface area (Å²) >= 11 is 0. The lowest BCUT2D eigenvalue weighted by Gasteiger charge is -2.06. The zero-order valence-corrected chi connectivity index (χ0v) is 31.5. The van der Waals surface area contributed by atoms with Crippen LogP contribution in [0, 0.1) is 26.0 Å². The average molecular weight is 793 g/mol. The molecule has 0 aliphatic rings. The van der Waals surface area contributed by atoms with Crippen LogP contribution in [0.3, 0.4) is 0 Å². The Balaban J connectivity index is 0.000000376. The minimum atomic E-state index is -0.570. The van der Waals surface area contributed by atoms with Crippen LogP contribution in [0.4, 0.5) is 32.8 Å². The highest BCUT2D eigenvalue weighted by Gasteiger charge is 2.04. The van der Waals surface area contributed by atoms with E-state index in [2.05, 4.69) is 25.6 Å². The number of nitrogens with one attached hydrogen (secondary N) is 2. The number of aromatic nitrogens is 3. The Morgan fingerprint density at radius 1 is 0.545 bits per heavy atom. The second kappa shape index (κ2) is 27.4. The van der Waals surface area contributed by atoms with Gasteiger partial charge in [0.2, 0.25) is 0 Å². The second-order valence-corrected chi connectivity index (χ2v) is 11.0. The first-order valence-corrected chi connectivity index (χ1v) is 16.6. The van der Waals surface area contributed by atoms with Gasteiger partial charge in [-0.15, -0.1) is 24.8 Å². The van der Waals surface area contributed by atoms with Crippen LogP contribution in [-0.4, -0.2) is 44.4 Å². The molecule has 290 valence electrons. The molecule has 0 amide bonds. The molecule has 13 nitrogen and oxygen atoms in total. The molecule has 3 heterocycles. The van der Waals surface area contributed by atoms with Crippen molar-refractivity contribution in [1.29, 1.82) is 0 Å². The molecule has 3 aromatic carbocycles. The highest BCUT2D eigenvalue weighted by atomic mass is 35.5. The van der Waals surface area contributed by atoms with Crippen molar-refractivity contribution in [2.45, 2.75) is 19.3 Å². The quantitative estimate of drug-likeness (QED) is 0.0530. The van der Waals surface area contributed by atoms with Crippen molar-refractivity contribution in [1.82, 2.24) is 15.0 Å². The summed E-state index contributed by atoms with van der Waals surface area (Å²) in [5.74, 6) is -0.467. The Morgan fingerprint density at radius 2 is 0.909 bits per heavy atom. The van der Waals surface area contributed by atoms with Gasteiger partial charge in [0.15, 0.2) is 0 Å². The molecule has 0 aliphatic carbocycles. The lowest BCUT2D eigenvalue weighted by Crippen LogP contribution is -2.05. The Hall–Kier alpha value is -6.22. The number of nitrogens with two attached hydrogens (primary N) is 2. The van der Waals surface area contributed by atoms with Gasteiger partial charge in [0, 0.05) is 109 Å². The van der Waals surface area contributed by atoms with Gasteiger partial charge in [0.25, 0.3) is 11.4 Å². The van der Waals surface area contributed by atoms with E-state index in [-0.39, 0.29) is 36.2 Å². The molecule has 6 rings (SSSR count). The number of pyridine rings is 3. The summed E-state index contributed by atoms with van der Waals surface area (Å²) in [4.78, 5) is 32.1. The van der Waals surface area contributed by atoms with Gasteiger partial charge in [-0.25, -0.2) is 4.39 Å². The molecular formula is C39H44Cl2FN9O4. The summed E-state index contributed by atoms with van der Waals surface area (Å²) in [7, 11) is 0. The number of rotatable bonds is 12. The zero-order valence-electron chi connectivity index (χ0n) is 29.8. The second-order valence-electron chi connectivity index (χ2n) is 11.0. The fraction of sp³-hybridized carbons (Fsp3) is 0.154. The van der Waals surface area contributed by atoms with Gasteiger partial charge < -0.3 is 22.1 Å². The summed E-state index contributed by atoms with van der Waals surface area (Å²) in [5, 5.41) is 27.0.